The molecule has 1 fully saturated rings. The molecule has 2 atom stereocenters. The summed E-state index contributed by atoms with van der Waals surface area (Å²) in [5, 5.41) is 10.7. The third kappa shape index (κ3) is 4.25. The molecule has 0 bridgehead atoms. The highest BCUT2D eigenvalue weighted by atomic mass is 32.1. The number of benzene rings is 2. The van der Waals surface area contributed by atoms with Crippen LogP contribution in [-0.4, -0.2) is 39.4 Å². The summed E-state index contributed by atoms with van der Waals surface area (Å²) >= 11 is 1.45. The van der Waals surface area contributed by atoms with Crippen molar-refractivity contribution < 1.29 is 19.0 Å². The quantitative estimate of drug-likeness (QED) is 0.427. The van der Waals surface area contributed by atoms with E-state index in [1.165, 1.54) is 17.4 Å². The average molecular weight is 456 g/mol. The van der Waals surface area contributed by atoms with Gasteiger partial charge in [0.25, 0.3) is 0 Å². The molecule has 1 unspecified atom stereocenters. The number of aliphatic hydroxyl groups excluding tert-OH is 1. The summed E-state index contributed by atoms with van der Waals surface area (Å²) in [6.07, 6.45) is 2.96. The molecule has 0 spiro atoms. The first kappa shape index (κ1) is 22.4. The van der Waals surface area contributed by atoms with Gasteiger partial charge < -0.3 is 14.6 Å². The van der Waals surface area contributed by atoms with E-state index in [-0.39, 0.29) is 11.9 Å². The summed E-state index contributed by atoms with van der Waals surface area (Å²) in [6.45, 7) is 5.98. The van der Waals surface area contributed by atoms with Crippen molar-refractivity contribution in [1.29, 1.82) is 0 Å². The molecule has 0 aliphatic heterocycles. The molecular formula is C24H26FN3O3S. The monoisotopic (exact) mass is 455 g/mol. The number of hydrogen-bond acceptors (Lipinski definition) is 7. The van der Waals surface area contributed by atoms with Gasteiger partial charge in [0.1, 0.15) is 11.1 Å². The minimum atomic E-state index is -0.550. The standard InChI is InChI=1S/C22H20FN3O3S.C2H6/c1-11-6-12(21-15(7-11)25-20(28-2)10-24-21)22-26-14-8-13(23)18(9-19(14)30-22)29-17-5-3-4-16(17)27;1-2/h6-10,16-17,27H,3-5H2,1-2H3;1-2H3/t16-,17?;/m1./s1. The number of fused-ring (bicyclic) bond motifs is 2. The fourth-order valence-electron chi connectivity index (χ4n) is 3.85. The first-order chi connectivity index (χ1) is 15.5. The second kappa shape index (κ2) is 9.34. The van der Waals surface area contributed by atoms with Gasteiger partial charge in [0.05, 0.1) is 40.7 Å². The number of rotatable bonds is 4. The number of nitrogens with zero attached hydrogens (tertiary/aromatic N) is 3. The second-order valence-corrected chi connectivity index (χ2v) is 8.55. The summed E-state index contributed by atoms with van der Waals surface area (Å²) in [7, 11) is 1.55. The number of aromatic nitrogens is 3. The van der Waals surface area contributed by atoms with Crippen LogP contribution in [0.2, 0.25) is 0 Å². The Hall–Kier alpha value is -2.84. The normalized spacial score (nSPS) is 17.9. The zero-order valence-corrected chi connectivity index (χ0v) is 19.4. The van der Waals surface area contributed by atoms with Gasteiger partial charge in [-0.15, -0.1) is 11.3 Å². The molecule has 2 aromatic heterocycles. The molecule has 1 aliphatic carbocycles. The van der Waals surface area contributed by atoms with Crippen molar-refractivity contribution in [1.82, 2.24) is 15.0 Å². The van der Waals surface area contributed by atoms with Gasteiger partial charge in [-0.25, -0.2) is 19.3 Å². The lowest BCUT2D eigenvalue weighted by Gasteiger charge is -2.17. The van der Waals surface area contributed by atoms with Crippen molar-refractivity contribution in [2.75, 3.05) is 7.11 Å². The van der Waals surface area contributed by atoms with Crippen LogP contribution in [0.5, 0.6) is 11.6 Å². The van der Waals surface area contributed by atoms with Crippen LogP contribution < -0.4 is 9.47 Å². The highest BCUT2D eigenvalue weighted by Crippen LogP contribution is 2.37. The summed E-state index contributed by atoms with van der Waals surface area (Å²) in [5.74, 6) is 0.126. The third-order valence-electron chi connectivity index (χ3n) is 5.35. The maximum absolute atomic E-state index is 14.6. The van der Waals surface area contributed by atoms with E-state index in [1.54, 1.807) is 19.4 Å². The van der Waals surface area contributed by atoms with Crippen molar-refractivity contribution in [2.24, 2.45) is 0 Å². The SMILES string of the molecule is CC.COc1cnc2c(-c3nc4cc(F)c(OC5CCC[C@H]5O)cc4s3)cc(C)cc2n1. The molecule has 2 aromatic carbocycles. The van der Waals surface area contributed by atoms with Gasteiger partial charge in [-0.1, -0.05) is 13.8 Å². The molecule has 1 N–H and O–H groups in total. The number of methoxy groups -OCH3 is 1. The molecule has 0 radical (unpaired) electrons. The van der Waals surface area contributed by atoms with Crippen molar-refractivity contribution >= 4 is 32.6 Å². The van der Waals surface area contributed by atoms with Crippen LogP contribution >= 0.6 is 11.3 Å². The Kier molecular flexibility index (Phi) is 6.53. The number of aliphatic hydroxyl groups is 1. The Labute approximate surface area is 190 Å². The molecule has 168 valence electrons. The van der Waals surface area contributed by atoms with E-state index < -0.39 is 11.9 Å². The zero-order valence-electron chi connectivity index (χ0n) is 18.6. The Morgan fingerprint density at radius 3 is 2.62 bits per heavy atom. The van der Waals surface area contributed by atoms with Crippen LogP contribution in [0.1, 0.15) is 38.7 Å². The smallest absolute Gasteiger partial charge is 0.232 e. The Morgan fingerprint density at radius 1 is 1.09 bits per heavy atom. The topological polar surface area (TPSA) is 77.4 Å². The van der Waals surface area contributed by atoms with E-state index in [0.29, 0.717) is 28.9 Å². The molecule has 8 heteroatoms. The predicted molar refractivity (Wildman–Crippen MR) is 125 cm³/mol. The van der Waals surface area contributed by atoms with Gasteiger partial charge in [0.15, 0.2) is 11.6 Å². The van der Waals surface area contributed by atoms with Gasteiger partial charge in [-0.2, -0.15) is 0 Å². The van der Waals surface area contributed by atoms with E-state index in [2.05, 4.69) is 15.0 Å². The molecule has 0 amide bonds. The summed E-state index contributed by atoms with van der Waals surface area (Å²) in [5.41, 5.74) is 3.85. The highest BCUT2D eigenvalue weighted by molar-refractivity contribution is 7.21. The first-order valence-corrected chi connectivity index (χ1v) is 11.6. The van der Waals surface area contributed by atoms with E-state index >= 15 is 0 Å². The van der Waals surface area contributed by atoms with Crippen molar-refractivity contribution in [3.8, 4) is 22.2 Å². The second-order valence-electron chi connectivity index (χ2n) is 7.52. The lowest BCUT2D eigenvalue weighted by atomic mass is 10.1. The zero-order chi connectivity index (χ0) is 22.8. The Balaban J connectivity index is 0.00000119. The lowest BCUT2D eigenvalue weighted by Crippen LogP contribution is -2.25. The van der Waals surface area contributed by atoms with Gasteiger partial charge >= 0.3 is 0 Å². The molecule has 0 saturated heterocycles. The molecule has 1 aliphatic rings. The molecule has 1 saturated carbocycles. The van der Waals surface area contributed by atoms with Crippen LogP contribution in [0.3, 0.4) is 0 Å². The number of ether oxygens (including phenoxy) is 2. The van der Waals surface area contributed by atoms with E-state index in [0.717, 1.165) is 33.7 Å². The highest BCUT2D eigenvalue weighted by Gasteiger charge is 2.28. The molecule has 6 nitrogen and oxygen atoms in total. The fraction of sp³-hybridized carbons (Fsp3) is 0.375. The van der Waals surface area contributed by atoms with Crippen LogP contribution in [0.4, 0.5) is 4.39 Å². The number of hydrogen-bond donors (Lipinski definition) is 1. The molecular weight excluding hydrogens is 429 g/mol. The van der Waals surface area contributed by atoms with E-state index in [4.69, 9.17) is 9.47 Å². The van der Waals surface area contributed by atoms with Crippen molar-refractivity contribution in [2.45, 2.75) is 52.2 Å². The summed E-state index contributed by atoms with van der Waals surface area (Å²) in [6, 6.07) is 7.01. The minimum Gasteiger partial charge on any atom is -0.485 e. The van der Waals surface area contributed by atoms with Crippen molar-refractivity contribution in [3.05, 3.63) is 41.8 Å². The Bertz CT molecular complexity index is 1260. The maximum atomic E-state index is 14.6. The van der Waals surface area contributed by atoms with Crippen LogP contribution in [0.15, 0.2) is 30.5 Å². The van der Waals surface area contributed by atoms with Gasteiger partial charge in [-0.05, 0) is 43.9 Å². The summed E-state index contributed by atoms with van der Waals surface area (Å²) in [4.78, 5) is 13.6. The van der Waals surface area contributed by atoms with Crippen LogP contribution in [0, 0.1) is 12.7 Å². The largest absolute Gasteiger partial charge is 0.485 e. The molecule has 5 rings (SSSR count). The molecule has 2 heterocycles. The summed E-state index contributed by atoms with van der Waals surface area (Å²) < 4.78 is 26.4. The van der Waals surface area contributed by atoms with Crippen LogP contribution in [0.25, 0.3) is 31.8 Å². The van der Waals surface area contributed by atoms with Gasteiger partial charge in [0, 0.05) is 17.7 Å². The van der Waals surface area contributed by atoms with Crippen molar-refractivity contribution in [3.63, 3.8) is 0 Å². The van der Waals surface area contributed by atoms with E-state index in [1.807, 2.05) is 32.9 Å². The van der Waals surface area contributed by atoms with Crippen LogP contribution in [-0.2, 0) is 0 Å². The molecule has 4 aromatic rings. The number of halogens is 1. The average Bonchev–Trinajstić information content (AvgIpc) is 3.39. The maximum Gasteiger partial charge on any atom is 0.232 e. The lowest BCUT2D eigenvalue weighted by molar-refractivity contribution is 0.0580. The van der Waals surface area contributed by atoms with E-state index in [9.17, 15) is 9.50 Å². The number of aryl methyl sites for hydroxylation is 1. The Morgan fingerprint density at radius 2 is 1.91 bits per heavy atom. The first-order valence-electron chi connectivity index (χ1n) is 10.8. The predicted octanol–water partition coefficient (Wildman–Crippen LogP) is 5.68. The fourth-order valence-corrected chi connectivity index (χ4v) is 4.84. The third-order valence-corrected chi connectivity index (χ3v) is 6.40. The number of thiazole rings is 1. The molecule has 32 heavy (non-hydrogen) atoms. The van der Waals surface area contributed by atoms with Gasteiger partial charge in [-0.3, -0.25) is 0 Å². The minimum absolute atomic E-state index is 0.155. The van der Waals surface area contributed by atoms with Gasteiger partial charge in [0.2, 0.25) is 5.88 Å².